The van der Waals surface area contributed by atoms with Crippen molar-refractivity contribution in [1.82, 2.24) is 0 Å². The third kappa shape index (κ3) is 12.0. The Morgan fingerprint density at radius 3 is 2.28 bits per heavy atom. The van der Waals surface area contributed by atoms with Gasteiger partial charge in [0, 0.05) is 5.25 Å². The summed E-state index contributed by atoms with van der Waals surface area (Å²) in [6, 6.07) is 0. The summed E-state index contributed by atoms with van der Waals surface area (Å²) in [6.45, 7) is 13.7. The number of thiol groups is 1. The van der Waals surface area contributed by atoms with Crippen LogP contribution in [0.4, 0.5) is 0 Å². The van der Waals surface area contributed by atoms with Crippen LogP contribution in [0.3, 0.4) is 0 Å². The van der Waals surface area contributed by atoms with Crippen molar-refractivity contribution in [3.8, 4) is 0 Å². The van der Waals surface area contributed by atoms with Crippen LogP contribution < -0.4 is 0 Å². The van der Waals surface area contributed by atoms with E-state index >= 15 is 0 Å². The number of hydrogen-bond acceptors (Lipinski definition) is 1. The van der Waals surface area contributed by atoms with Gasteiger partial charge >= 0.3 is 0 Å². The van der Waals surface area contributed by atoms with E-state index in [4.69, 9.17) is 0 Å². The van der Waals surface area contributed by atoms with Gasteiger partial charge in [0.25, 0.3) is 0 Å². The Balaban J connectivity index is 0. The predicted molar refractivity (Wildman–Crippen MR) is 90.6 cm³/mol. The second-order valence-electron chi connectivity index (χ2n) is 4.40. The molecule has 106 valence electrons. The molecule has 1 unspecified atom stereocenters. The molecule has 18 heavy (non-hydrogen) atoms. The van der Waals surface area contributed by atoms with Crippen LogP contribution >= 0.6 is 12.6 Å². The summed E-state index contributed by atoms with van der Waals surface area (Å²) in [5.41, 5.74) is 3.09. The van der Waals surface area contributed by atoms with Crippen LogP contribution in [0.25, 0.3) is 0 Å². The number of allylic oxidation sites excluding steroid dienone is 5. The molecule has 0 saturated heterocycles. The van der Waals surface area contributed by atoms with E-state index in [1.807, 2.05) is 20.8 Å². The molecule has 1 rings (SSSR count). The van der Waals surface area contributed by atoms with Gasteiger partial charge in [-0.2, -0.15) is 12.6 Å². The molecule has 0 saturated carbocycles. The topological polar surface area (TPSA) is 0 Å². The van der Waals surface area contributed by atoms with Gasteiger partial charge in [0.1, 0.15) is 0 Å². The fraction of sp³-hybridized carbons (Fsp3) is 0.647. The largest absolute Gasteiger partial charge is 0.176 e. The molecule has 1 atom stereocenters. The summed E-state index contributed by atoms with van der Waals surface area (Å²) < 4.78 is 0. The minimum absolute atomic E-state index is 0.604. The van der Waals surface area contributed by atoms with Gasteiger partial charge in [-0.3, -0.25) is 0 Å². The molecule has 0 heterocycles. The van der Waals surface area contributed by atoms with Crippen molar-refractivity contribution in [2.24, 2.45) is 0 Å². The normalized spacial score (nSPS) is 14.3. The van der Waals surface area contributed by atoms with Gasteiger partial charge in [-0.25, -0.2) is 0 Å². The van der Waals surface area contributed by atoms with Crippen molar-refractivity contribution < 1.29 is 0 Å². The van der Waals surface area contributed by atoms with Crippen LogP contribution in [0.5, 0.6) is 0 Å². The summed E-state index contributed by atoms with van der Waals surface area (Å²) in [7, 11) is 0. The molecular formula is C17H32S. The smallest absolute Gasteiger partial charge is 0.00197 e. The Bertz CT molecular complexity index is 248. The quantitative estimate of drug-likeness (QED) is 0.435. The van der Waals surface area contributed by atoms with E-state index in [1.54, 1.807) is 11.6 Å². The van der Waals surface area contributed by atoms with Gasteiger partial charge in [0.15, 0.2) is 0 Å². The van der Waals surface area contributed by atoms with Crippen molar-refractivity contribution in [3.63, 3.8) is 0 Å². The average Bonchev–Trinajstić information content (AvgIpc) is 2.77. The lowest BCUT2D eigenvalue weighted by molar-refractivity contribution is 0.680. The number of rotatable bonds is 5. The third-order valence-corrected chi connectivity index (χ3v) is 3.05. The Morgan fingerprint density at radius 1 is 1.33 bits per heavy atom. The average molecular weight is 269 g/mol. The highest BCUT2D eigenvalue weighted by molar-refractivity contribution is 7.80. The molecule has 1 heteroatoms. The molecule has 0 aromatic rings. The molecule has 0 bridgehead atoms. The maximum absolute atomic E-state index is 4.56. The van der Waals surface area contributed by atoms with Gasteiger partial charge in [-0.05, 0) is 39.5 Å². The lowest BCUT2D eigenvalue weighted by Crippen LogP contribution is -1.98. The summed E-state index contributed by atoms with van der Waals surface area (Å²) in [4.78, 5) is 0. The van der Waals surface area contributed by atoms with E-state index in [0.717, 1.165) is 0 Å². The van der Waals surface area contributed by atoms with Crippen LogP contribution in [0.2, 0.25) is 0 Å². The Morgan fingerprint density at radius 2 is 1.89 bits per heavy atom. The fourth-order valence-electron chi connectivity index (χ4n) is 1.74. The minimum Gasteiger partial charge on any atom is -0.176 e. The van der Waals surface area contributed by atoms with Gasteiger partial charge in [-0.1, -0.05) is 56.6 Å². The second kappa shape index (κ2) is 14.6. The zero-order chi connectivity index (χ0) is 14.4. The Kier molecular flexibility index (Phi) is 16.2. The van der Waals surface area contributed by atoms with Crippen LogP contribution in [0.1, 0.15) is 66.7 Å². The van der Waals surface area contributed by atoms with Gasteiger partial charge in [-0.15, -0.1) is 6.58 Å². The molecule has 0 fully saturated rings. The van der Waals surface area contributed by atoms with Crippen molar-refractivity contribution >= 4 is 12.6 Å². The van der Waals surface area contributed by atoms with Gasteiger partial charge < -0.3 is 0 Å². The van der Waals surface area contributed by atoms with Crippen LogP contribution in [0, 0.1) is 0 Å². The van der Waals surface area contributed by atoms with E-state index in [1.165, 1.54) is 37.7 Å². The first kappa shape index (κ1) is 19.9. The Hall–Kier alpha value is -0.430. The van der Waals surface area contributed by atoms with E-state index in [9.17, 15) is 0 Å². The van der Waals surface area contributed by atoms with Crippen LogP contribution in [0.15, 0.2) is 36.0 Å². The molecule has 0 nitrogen and oxygen atoms in total. The molecule has 0 aromatic heterocycles. The third-order valence-electron chi connectivity index (χ3n) is 2.53. The molecule has 0 aromatic carbocycles. The zero-order valence-electron chi connectivity index (χ0n) is 13.0. The highest BCUT2D eigenvalue weighted by Crippen LogP contribution is 2.24. The van der Waals surface area contributed by atoms with E-state index in [-0.39, 0.29) is 0 Å². The number of hydrogen-bond donors (Lipinski definition) is 1. The van der Waals surface area contributed by atoms with Crippen LogP contribution in [-0.4, -0.2) is 5.25 Å². The molecular weight excluding hydrogens is 236 g/mol. The standard InChI is InChI=1S/C12H20S.C3H6.C2H6/c1-3-4-12(13)8-7-11-6-5-10(2)9-11;1-3-2;1-2/h5-6,12-13H,3-4,7-9H2,1-2H3;3H,1H2,2H3;1-2H3. The highest BCUT2D eigenvalue weighted by atomic mass is 32.1. The van der Waals surface area contributed by atoms with Gasteiger partial charge in [0.05, 0.1) is 0 Å². The molecule has 0 spiro atoms. The Labute approximate surface area is 121 Å². The predicted octanol–water partition coefficient (Wildman–Crippen LogP) is 6.36. The molecule has 1 aliphatic carbocycles. The second-order valence-corrected chi connectivity index (χ2v) is 5.13. The van der Waals surface area contributed by atoms with Gasteiger partial charge in [0.2, 0.25) is 0 Å². The zero-order valence-corrected chi connectivity index (χ0v) is 13.9. The summed E-state index contributed by atoms with van der Waals surface area (Å²) >= 11 is 4.56. The van der Waals surface area contributed by atoms with Crippen molar-refractivity contribution in [2.75, 3.05) is 0 Å². The summed E-state index contributed by atoms with van der Waals surface area (Å²) in [5.74, 6) is 0. The molecule has 0 amide bonds. The summed E-state index contributed by atoms with van der Waals surface area (Å²) in [6.07, 6.45) is 12.5. The van der Waals surface area contributed by atoms with E-state index < -0.39 is 0 Å². The lowest BCUT2D eigenvalue weighted by atomic mass is 10.0. The monoisotopic (exact) mass is 268 g/mol. The maximum atomic E-state index is 4.56. The first-order valence-electron chi connectivity index (χ1n) is 7.24. The lowest BCUT2D eigenvalue weighted by Gasteiger charge is -2.09. The molecule has 0 N–H and O–H groups in total. The highest BCUT2D eigenvalue weighted by Gasteiger charge is 2.07. The van der Waals surface area contributed by atoms with Crippen molar-refractivity contribution in [3.05, 3.63) is 36.0 Å². The fourth-order valence-corrected chi connectivity index (χ4v) is 2.12. The van der Waals surface area contributed by atoms with Crippen molar-refractivity contribution in [1.29, 1.82) is 0 Å². The molecule has 0 aliphatic heterocycles. The minimum atomic E-state index is 0.604. The SMILES string of the molecule is C=CC.CC.CCCC(S)CCC1=CC=C(C)C1. The van der Waals surface area contributed by atoms with Crippen LogP contribution in [-0.2, 0) is 0 Å². The first-order chi connectivity index (χ1) is 8.63. The molecule has 0 radical (unpaired) electrons. The maximum Gasteiger partial charge on any atom is 0.00197 e. The van der Waals surface area contributed by atoms with Crippen molar-refractivity contribution in [2.45, 2.75) is 72.0 Å². The summed E-state index contributed by atoms with van der Waals surface area (Å²) in [5, 5.41) is 0.604. The van der Waals surface area contributed by atoms with E-state index in [0.29, 0.717) is 5.25 Å². The first-order valence-corrected chi connectivity index (χ1v) is 7.76. The van der Waals surface area contributed by atoms with E-state index in [2.05, 4.69) is 45.2 Å². The molecule has 1 aliphatic rings.